The van der Waals surface area contributed by atoms with Gasteiger partial charge in [-0.2, -0.15) is 0 Å². The summed E-state index contributed by atoms with van der Waals surface area (Å²) in [6.07, 6.45) is 0.461. The quantitative estimate of drug-likeness (QED) is 0.909. The number of carbonyl (C=O) groups excluding carboxylic acids is 1. The molecule has 1 atom stereocenters. The summed E-state index contributed by atoms with van der Waals surface area (Å²) in [4.78, 5) is 24.5. The van der Waals surface area contributed by atoms with Crippen LogP contribution in [0.15, 0.2) is 18.2 Å². The summed E-state index contributed by atoms with van der Waals surface area (Å²) in [5.74, 6) is -1.69. The third kappa shape index (κ3) is 2.44. The zero-order chi connectivity index (χ0) is 13.3. The number of carbonyl (C=O) groups is 2. The number of hydrogen-bond acceptors (Lipinski definition) is 2. The average Bonchev–Trinajstić information content (AvgIpc) is 2.77. The van der Waals surface area contributed by atoms with E-state index in [0.29, 0.717) is 13.0 Å². The third-order valence-electron chi connectivity index (χ3n) is 3.00. The van der Waals surface area contributed by atoms with Gasteiger partial charge in [0.1, 0.15) is 0 Å². The van der Waals surface area contributed by atoms with Gasteiger partial charge >= 0.3 is 5.97 Å². The van der Waals surface area contributed by atoms with Crippen LogP contribution in [-0.2, 0) is 4.79 Å². The van der Waals surface area contributed by atoms with Crippen molar-refractivity contribution in [1.82, 2.24) is 4.90 Å². The van der Waals surface area contributed by atoms with Gasteiger partial charge < -0.3 is 10.0 Å². The van der Waals surface area contributed by atoms with E-state index in [2.05, 4.69) is 0 Å². The second-order valence-corrected chi connectivity index (χ2v) is 4.99. The van der Waals surface area contributed by atoms with E-state index in [1.165, 1.54) is 4.90 Å². The minimum Gasteiger partial charge on any atom is -0.481 e. The number of carboxylic acid groups (broad SMARTS) is 1. The fourth-order valence-electron chi connectivity index (χ4n) is 2.01. The van der Waals surface area contributed by atoms with Crippen molar-refractivity contribution in [3.63, 3.8) is 0 Å². The van der Waals surface area contributed by atoms with Gasteiger partial charge in [-0.3, -0.25) is 9.59 Å². The SMILES string of the molecule is O=C(O)C1CCN(C(=O)c2c(Cl)cccc2Cl)C1. The summed E-state index contributed by atoms with van der Waals surface area (Å²) in [5, 5.41) is 9.47. The fourth-order valence-corrected chi connectivity index (χ4v) is 2.57. The van der Waals surface area contributed by atoms with Crippen LogP contribution in [0, 0.1) is 5.92 Å². The topological polar surface area (TPSA) is 57.6 Å². The molecule has 0 aliphatic carbocycles. The first-order chi connectivity index (χ1) is 8.50. The second kappa shape index (κ2) is 5.16. The minimum atomic E-state index is -0.879. The van der Waals surface area contributed by atoms with Crippen LogP contribution in [0.1, 0.15) is 16.8 Å². The highest BCUT2D eigenvalue weighted by molar-refractivity contribution is 6.39. The minimum absolute atomic E-state index is 0.204. The molecule has 1 saturated heterocycles. The Bertz CT molecular complexity index is 484. The molecule has 1 amide bonds. The fraction of sp³-hybridized carbons (Fsp3) is 0.333. The Hall–Kier alpha value is -1.26. The van der Waals surface area contributed by atoms with Crippen molar-refractivity contribution in [2.45, 2.75) is 6.42 Å². The van der Waals surface area contributed by atoms with E-state index in [1.807, 2.05) is 0 Å². The van der Waals surface area contributed by atoms with Crippen molar-refractivity contribution < 1.29 is 14.7 Å². The second-order valence-electron chi connectivity index (χ2n) is 4.17. The predicted octanol–water partition coefficient (Wildman–Crippen LogP) is 2.54. The molecule has 96 valence electrons. The number of carboxylic acids is 1. The van der Waals surface area contributed by atoms with Crippen LogP contribution in [0.5, 0.6) is 0 Å². The zero-order valence-electron chi connectivity index (χ0n) is 9.40. The lowest BCUT2D eigenvalue weighted by atomic mass is 10.1. The average molecular weight is 288 g/mol. The van der Waals surface area contributed by atoms with Crippen LogP contribution in [-0.4, -0.2) is 35.0 Å². The maximum absolute atomic E-state index is 12.2. The van der Waals surface area contributed by atoms with E-state index in [0.717, 1.165) is 0 Å². The van der Waals surface area contributed by atoms with Gasteiger partial charge in [0.25, 0.3) is 5.91 Å². The Morgan fingerprint density at radius 2 is 1.89 bits per heavy atom. The van der Waals surface area contributed by atoms with Crippen molar-refractivity contribution in [3.8, 4) is 0 Å². The van der Waals surface area contributed by atoms with Crippen LogP contribution in [0.3, 0.4) is 0 Å². The van der Waals surface area contributed by atoms with Crippen LogP contribution < -0.4 is 0 Å². The standard InChI is InChI=1S/C12H11Cl2NO3/c13-8-2-1-3-9(14)10(8)11(16)15-5-4-7(6-15)12(17)18/h1-3,7H,4-6H2,(H,17,18). The largest absolute Gasteiger partial charge is 0.481 e. The molecule has 0 saturated carbocycles. The Labute approximate surface area is 114 Å². The Morgan fingerprint density at radius 3 is 2.39 bits per heavy atom. The first-order valence-corrected chi connectivity index (χ1v) is 6.22. The molecule has 0 radical (unpaired) electrons. The summed E-state index contributed by atoms with van der Waals surface area (Å²) < 4.78 is 0. The van der Waals surface area contributed by atoms with Crippen molar-refractivity contribution >= 4 is 35.1 Å². The number of benzene rings is 1. The van der Waals surface area contributed by atoms with Gasteiger partial charge in [0.2, 0.25) is 0 Å². The zero-order valence-corrected chi connectivity index (χ0v) is 10.9. The van der Waals surface area contributed by atoms with Gasteiger partial charge in [0.15, 0.2) is 0 Å². The number of nitrogens with zero attached hydrogens (tertiary/aromatic N) is 1. The lowest BCUT2D eigenvalue weighted by molar-refractivity contribution is -0.141. The molecule has 2 rings (SSSR count). The first kappa shape index (κ1) is 13.2. The van der Waals surface area contributed by atoms with Crippen LogP contribution >= 0.6 is 23.2 Å². The maximum atomic E-state index is 12.2. The van der Waals surface area contributed by atoms with Crippen molar-refractivity contribution in [2.24, 2.45) is 5.92 Å². The van der Waals surface area contributed by atoms with E-state index < -0.39 is 11.9 Å². The molecule has 1 aliphatic rings. The Morgan fingerprint density at radius 1 is 1.28 bits per heavy atom. The molecule has 1 N–H and O–H groups in total. The van der Waals surface area contributed by atoms with Gasteiger partial charge in [0, 0.05) is 13.1 Å². The number of likely N-dealkylation sites (tertiary alicyclic amines) is 1. The highest BCUT2D eigenvalue weighted by Gasteiger charge is 2.32. The van der Waals surface area contributed by atoms with E-state index in [1.54, 1.807) is 18.2 Å². The molecule has 1 aromatic carbocycles. The van der Waals surface area contributed by atoms with Gasteiger partial charge in [-0.15, -0.1) is 0 Å². The summed E-state index contributed by atoms with van der Waals surface area (Å²) in [7, 11) is 0. The van der Waals surface area contributed by atoms with E-state index in [9.17, 15) is 9.59 Å². The van der Waals surface area contributed by atoms with E-state index >= 15 is 0 Å². The lowest BCUT2D eigenvalue weighted by Gasteiger charge is -2.17. The lowest BCUT2D eigenvalue weighted by Crippen LogP contribution is -2.30. The smallest absolute Gasteiger partial charge is 0.308 e. The molecule has 0 aromatic heterocycles. The third-order valence-corrected chi connectivity index (χ3v) is 3.63. The summed E-state index contributed by atoms with van der Waals surface area (Å²) >= 11 is 11.9. The number of aliphatic carboxylic acids is 1. The number of amides is 1. The molecular formula is C12H11Cl2NO3. The van der Waals surface area contributed by atoms with Gasteiger partial charge in [-0.25, -0.2) is 0 Å². The number of halogens is 2. The molecule has 4 nitrogen and oxygen atoms in total. The number of rotatable bonds is 2. The number of hydrogen-bond donors (Lipinski definition) is 1. The summed E-state index contributed by atoms with van der Waals surface area (Å²) in [5.41, 5.74) is 0.242. The molecule has 1 heterocycles. The normalized spacial score (nSPS) is 19.0. The first-order valence-electron chi connectivity index (χ1n) is 5.47. The van der Waals surface area contributed by atoms with Crippen molar-refractivity contribution in [2.75, 3.05) is 13.1 Å². The van der Waals surface area contributed by atoms with Gasteiger partial charge in [0.05, 0.1) is 21.5 Å². The van der Waals surface area contributed by atoms with E-state index in [4.69, 9.17) is 28.3 Å². The Balaban J connectivity index is 2.21. The van der Waals surface area contributed by atoms with Crippen molar-refractivity contribution in [3.05, 3.63) is 33.8 Å². The predicted molar refractivity (Wildman–Crippen MR) is 68.1 cm³/mol. The highest BCUT2D eigenvalue weighted by atomic mass is 35.5. The Kier molecular flexibility index (Phi) is 3.78. The van der Waals surface area contributed by atoms with E-state index in [-0.39, 0.29) is 28.1 Å². The van der Waals surface area contributed by atoms with Gasteiger partial charge in [-0.1, -0.05) is 29.3 Å². The monoisotopic (exact) mass is 287 g/mol. The molecule has 0 bridgehead atoms. The van der Waals surface area contributed by atoms with Crippen LogP contribution in [0.4, 0.5) is 0 Å². The molecular weight excluding hydrogens is 277 g/mol. The molecule has 6 heteroatoms. The van der Waals surface area contributed by atoms with Crippen molar-refractivity contribution in [1.29, 1.82) is 0 Å². The molecule has 18 heavy (non-hydrogen) atoms. The maximum Gasteiger partial charge on any atom is 0.308 e. The van der Waals surface area contributed by atoms with Gasteiger partial charge in [-0.05, 0) is 18.6 Å². The van der Waals surface area contributed by atoms with Crippen LogP contribution in [0.2, 0.25) is 10.0 Å². The summed E-state index contributed by atoms with van der Waals surface area (Å²) in [6.45, 7) is 0.618. The van der Waals surface area contributed by atoms with Crippen LogP contribution in [0.25, 0.3) is 0 Å². The highest BCUT2D eigenvalue weighted by Crippen LogP contribution is 2.28. The molecule has 1 aromatic rings. The molecule has 1 unspecified atom stereocenters. The molecule has 1 fully saturated rings. The molecule has 0 spiro atoms. The summed E-state index contributed by atoms with van der Waals surface area (Å²) in [6, 6.07) is 4.84. The molecule has 1 aliphatic heterocycles.